The highest BCUT2D eigenvalue weighted by Crippen LogP contribution is 2.50. The molecule has 2 aliphatic heterocycles. The number of carbonyl (C=O) groups is 1. The van der Waals surface area contributed by atoms with Crippen molar-refractivity contribution in [3.63, 3.8) is 0 Å². The first kappa shape index (κ1) is 45.6. The van der Waals surface area contributed by atoms with Gasteiger partial charge in [0.05, 0.1) is 24.4 Å². The molecular weight excluding hydrogens is 815 g/mol. The maximum atomic E-state index is 14.1. The van der Waals surface area contributed by atoms with Crippen LogP contribution in [0.1, 0.15) is 65.3 Å². The number of para-hydroxylation sites is 1. The van der Waals surface area contributed by atoms with Gasteiger partial charge in [0, 0.05) is 18.5 Å². The second kappa shape index (κ2) is 18.6. The minimum Gasteiger partial charge on any atom is -0.449 e. The fourth-order valence-electron chi connectivity index (χ4n) is 5.86. The molecule has 4 aromatic rings. The van der Waals surface area contributed by atoms with E-state index >= 15 is 0 Å². The number of ether oxygens (including phenoxy) is 3. The number of nitriles is 1. The van der Waals surface area contributed by atoms with Crippen molar-refractivity contribution in [3.8, 4) is 28.7 Å². The van der Waals surface area contributed by atoms with Crippen LogP contribution in [0.3, 0.4) is 0 Å². The van der Waals surface area contributed by atoms with Crippen LogP contribution in [-0.2, 0) is 39.8 Å². The average Bonchev–Trinajstić information content (AvgIpc) is 3.62. The highest BCUT2D eigenvalue weighted by Gasteiger charge is 2.45. The number of aromatic nitrogens is 2. The van der Waals surface area contributed by atoms with Gasteiger partial charge >= 0.3 is 11.8 Å². The molecule has 0 saturated carbocycles. The van der Waals surface area contributed by atoms with Crippen molar-refractivity contribution in [2.24, 2.45) is 0 Å². The predicted molar refractivity (Wildman–Crippen MR) is 234 cm³/mol. The maximum absolute atomic E-state index is 14.1. The van der Waals surface area contributed by atoms with Crippen LogP contribution in [0.25, 0.3) is 11.1 Å². The molecule has 0 radical (unpaired) electrons. The molecule has 1 saturated heterocycles. The molecule has 17 heteroatoms. The Kier molecular flexibility index (Phi) is 13.9. The zero-order chi connectivity index (χ0) is 44.2. The smallest absolute Gasteiger partial charge is 0.407 e. The van der Waals surface area contributed by atoms with Crippen molar-refractivity contribution in [1.29, 1.82) is 5.26 Å². The van der Waals surface area contributed by atoms with Crippen molar-refractivity contribution < 1.29 is 42.8 Å². The molecule has 3 aromatic carbocycles. The van der Waals surface area contributed by atoms with Gasteiger partial charge in [0.2, 0.25) is 22.5 Å². The van der Waals surface area contributed by atoms with Crippen molar-refractivity contribution in [2.75, 3.05) is 24.8 Å². The summed E-state index contributed by atoms with van der Waals surface area (Å²) in [5.41, 5.74) is 2.66. The first-order valence-corrected chi connectivity index (χ1v) is 26.2. The molecule has 0 bridgehead atoms. The lowest BCUT2D eigenvalue weighted by atomic mass is 10.0. The van der Waals surface area contributed by atoms with Gasteiger partial charge in [0.25, 0.3) is 0 Å². The van der Waals surface area contributed by atoms with E-state index in [1.165, 1.54) is 9.63 Å². The van der Waals surface area contributed by atoms with Crippen LogP contribution in [0, 0.1) is 11.3 Å². The first-order valence-electron chi connectivity index (χ1n) is 20.4. The highest BCUT2D eigenvalue weighted by molar-refractivity contribution is 6.74. The number of fused-ring (bicyclic) bond motifs is 2. The van der Waals surface area contributed by atoms with E-state index in [9.17, 15) is 14.9 Å². The van der Waals surface area contributed by atoms with Crippen LogP contribution < -0.4 is 20.8 Å². The first-order chi connectivity index (χ1) is 28.8. The molecule has 1 aromatic heterocycles. The van der Waals surface area contributed by atoms with Crippen molar-refractivity contribution in [3.05, 3.63) is 101 Å². The Morgan fingerprint density at radius 3 is 2.28 bits per heavy atom. The third-order valence-corrected chi connectivity index (χ3v) is 19.9. The number of amides is 1. The van der Waals surface area contributed by atoms with E-state index < -0.39 is 46.9 Å². The van der Waals surface area contributed by atoms with Gasteiger partial charge in [0.1, 0.15) is 37.3 Å². The predicted octanol–water partition coefficient (Wildman–Crippen LogP) is 9.45. The lowest BCUT2D eigenvalue weighted by Crippen LogP contribution is -2.44. The van der Waals surface area contributed by atoms with Crippen LogP contribution in [0.5, 0.6) is 11.5 Å². The largest absolute Gasteiger partial charge is 0.449 e. The Morgan fingerprint density at radius 2 is 1.61 bits per heavy atom. The maximum Gasteiger partial charge on any atom is 0.407 e. The molecule has 1 amide bonds. The zero-order valence-corrected chi connectivity index (χ0v) is 38.6. The zero-order valence-electron chi connectivity index (χ0n) is 36.6. The molecular formula is C44H57N5O10Si2. The Bertz CT molecular complexity index is 2250. The molecule has 326 valence electrons. The topological polar surface area (TPSA) is 165 Å². The summed E-state index contributed by atoms with van der Waals surface area (Å²) in [7, 11) is -4.60. The van der Waals surface area contributed by atoms with Gasteiger partial charge < -0.3 is 19.5 Å². The fourth-order valence-corrected chi connectivity index (χ4v) is 7.08. The number of nitrogens with one attached hydrogen (secondary N) is 1. The molecule has 6 rings (SSSR count). The molecule has 61 heavy (non-hydrogen) atoms. The van der Waals surface area contributed by atoms with E-state index in [0.29, 0.717) is 22.6 Å². The molecule has 3 heterocycles. The minimum atomic E-state index is -2.34. The number of hydrogen-bond acceptors (Lipinski definition) is 13. The molecule has 0 aliphatic carbocycles. The highest BCUT2D eigenvalue weighted by atomic mass is 28.4. The monoisotopic (exact) mass is 871 g/mol. The summed E-state index contributed by atoms with van der Waals surface area (Å²) < 4.78 is 31.9. The van der Waals surface area contributed by atoms with Crippen LogP contribution in [-0.4, -0.2) is 64.2 Å². The lowest BCUT2D eigenvalue weighted by Gasteiger charge is -2.36. The normalized spacial score (nSPS) is 17.9. The molecule has 0 unspecified atom stereocenters. The van der Waals surface area contributed by atoms with Crippen molar-refractivity contribution >= 4 is 34.2 Å². The second-order valence-corrected chi connectivity index (χ2v) is 27.5. The number of rotatable bonds is 15. The fraction of sp³-hybridized carbons (Fsp3) is 0.455. The Hall–Kier alpha value is -4.91. The molecule has 15 nitrogen and oxygen atoms in total. The molecule has 2 aliphatic rings. The standard InChI is InChI=1S/C44H57N5O10Si2/c1-43(2,3)60(7,8)58-54-29-37-35(57-59-61(9,10)44(4,5)6)25-38(56-37)48-27-36-40(47-41(48)50)49(53-24-23-46-42(51)52-28-31-15-12-11-13-16-31)39-33(17-14-18-34(39)55-36)32-21-19-30(26-45)20-22-32/h11-22,27,35,37-38H,23-25,28-29H2,1-10H3,(H,46,51)/t35-,37+,38+/m0/s1. The summed E-state index contributed by atoms with van der Waals surface area (Å²) in [5, 5.41) is 13.4. The summed E-state index contributed by atoms with van der Waals surface area (Å²) in [5.74, 6) is 0.733. The Morgan fingerprint density at radius 1 is 0.918 bits per heavy atom. The molecule has 1 fully saturated rings. The summed E-state index contributed by atoms with van der Waals surface area (Å²) in [6.45, 7) is 21.3. The van der Waals surface area contributed by atoms with Gasteiger partial charge in [0.15, 0.2) is 11.5 Å². The summed E-state index contributed by atoms with van der Waals surface area (Å²) in [4.78, 5) is 49.5. The second-order valence-electron chi connectivity index (χ2n) is 18.1. The van der Waals surface area contributed by atoms with Gasteiger partial charge in [-0.3, -0.25) is 18.6 Å². The number of alkyl carbamates (subject to hydrolysis) is 1. The van der Waals surface area contributed by atoms with Crippen LogP contribution in [0.4, 0.5) is 16.3 Å². The number of hydrogen-bond donors (Lipinski definition) is 1. The van der Waals surface area contributed by atoms with E-state index in [1.54, 1.807) is 24.4 Å². The number of anilines is 2. The summed E-state index contributed by atoms with van der Waals surface area (Å²) >= 11 is 0. The van der Waals surface area contributed by atoms with Gasteiger partial charge in [-0.05, 0) is 65.6 Å². The molecule has 0 spiro atoms. The molecule has 3 atom stereocenters. The van der Waals surface area contributed by atoms with Crippen LogP contribution in [0.15, 0.2) is 83.8 Å². The van der Waals surface area contributed by atoms with E-state index in [1.807, 2.05) is 54.6 Å². The summed E-state index contributed by atoms with van der Waals surface area (Å²) in [6, 6.07) is 24.1. The minimum absolute atomic E-state index is 0.0244. The Labute approximate surface area is 359 Å². The van der Waals surface area contributed by atoms with E-state index in [4.69, 9.17) is 38.0 Å². The van der Waals surface area contributed by atoms with Crippen molar-refractivity contribution in [1.82, 2.24) is 14.9 Å². The van der Waals surface area contributed by atoms with Gasteiger partial charge in [-0.15, -0.1) is 0 Å². The van der Waals surface area contributed by atoms with Gasteiger partial charge in [-0.25, -0.2) is 19.4 Å². The van der Waals surface area contributed by atoms with Crippen LogP contribution in [0.2, 0.25) is 36.3 Å². The van der Waals surface area contributed by atoms with E-state index in [-0.39, 0.29) is 54.4 Å². The Balaban J connectivity index is 1.26. The third-order valence-electron chi connectivity index (χ3n) is 11.6. The third kappa shape index (κ3) is 10.8. The van der Waals surface area contributed by atoms with E-state index in [0.717, 1.165) is 11.1 Å². The van der Waals surface area contributed by atoms with Gasteiger partial charge in [-0.2, -0.15) is 15.3 Å². The number of benzene rings is 3. The number of carbonyl (C=O) groups excluding carboxylic acids is 1. The van der Waals surface area contributed by atoms with Crippen molar-refractivity contribution in [2.45, 2.75) is 109 Å². The summed E-state index contributed by atoms with van der Waals surface area (Å²) in [6.07, 6.45) is -0.897. The van der Waals surface area contributed by atoms with Gasteiger partial charge in [-0.1, -0.05) is 96.1 Å². The van der Waals surface area contributed by atoms with Crippen LogP contribution >= 0.6 is 0 Å². The lowest BCUT2D eigenvalue weighted by molar-refractivity contribution is -0.290. The number of nitrogens with zero attached hydrogens (tertiary/aromatic N) is 4. The SMILES string of the molecule is CC(C)(C)[Si](C)(C)OOC[C@H]1O[C@@H](n2cc3c(nc2=O)N(OCCNC(=O)OCc2ccccc2)c2c(cccc2-c2ccc(C#N)cc2)O3)C[C@@H]1OO[Si](C)(C)C(C)(C)C. The average molecular weight is 872 g/mol. The van der Waals surface area contributed by atoms with E-state index in [2.05, 4.69) is 84.1 Å². The molecule has 1 N–H and O–H groups in total. The quantitative estimate of drug-likeness (QED) is 0.0520.